The summed E-state index contributed by atoms with van der Waals surface area (Å²) in [6, 6.07) is 8.74. The molecular formula is C19H24N4O2. The molecule has 1 aromatic carbocycles. The number of urea groups is 1. The van der Waals surface area contributed by atoms with Crippen LogP contribution < -0.4 is 10.6 Å². The molecule has 1 aliphatic rings. The maximum Gasteiger partial charge on any atom is 0.319 e. The molecule has 0 aliphatic heterocycles. The Morgan fingerprint density at radius 1 is 1.20 bits per heavy atom. The zero-order valence-electron chi connectivity index (χ0n) is 14.9. The largest absolute Gasteiger partial charge is 0.337 e. The van der Waals surface area contributed by atoms with Gasteiger partial charge in [0.05, 0.1) is 5.69 Å². The number of amides is 2. The van der Waals surface area contributed by atoms with Crippen LogP contribution in [0.3, 0.4) is 0 Å². The van der Waals surface area contributed by atoms with Crippen LogP contribution >= 0.6 is 0 Å². The molecular weight excluding hydrogens is 316 g/mol. The Bertz CT molecular complexity index is 788. The molecule has 2 aromatic rings. The predicted molar refractivity (Wildman–Crippen MR) is 96.8 cm³/mol. The highest BCUT2D eigenvalue weighted by Gasteiger charge is 2.43. The molecule has 0 saturated heterocycles. The Morgan fingerprint density at radius 3 is 2.40 bits per heavy atom. The second-order valence-corrected chi connectivity index (χ2v) is 7.03. The Labute approximate surface area is 147 Å². The molecule has 1 heterocycles. The van der Waals surface area contributed by atoms with Crippen molar-refractivity contribution < 1.29 is 9.59 Å². The van der Waals surface area contributed by atoms with Crippen LogP contribution in [-0.4, -0.2) is 28.1 Å². The molecule has 3 rings (SSSR count). The van der Waals surface area contributed by atoms with E-state index in [2.05, 4.69) is 28.7 Å². The van der Waals surface area contributed by atoms with Gasteiger partial charge in [-0.05, 0) is 63.9 Å². The Morgan fingerprint density at radius 2 is 1.88 bits per heavy atom. The number of benzene rings is 1. The van der Waals surface area contributed by atoms with Crippen molar-refractivity contribution in [3.8, 4) is 0 Å². The van der Waals surface area contributed by atoms with E-state index in [1.165, 1.54) is 6.92 Å². The van der Waals surface area contributed by atoms with E-state index < -0.39 is 0 Å². The van der Waals surface area contributed by atoms with Crippen molar-refractivity contribution >= 4 is 17.5 Å². The van der Waals surface area contributed by atoms with Crippen molar-refractivity contribution in [1.29, 1.82) is 0 Å². The molecule has 1 aliphatic carbocycles. The molecule has 0 radical (unpaired) electrons. The molecule has 2 N–H and O–H groups in total. The number of rotatable bonds is 6. The van der Waals surface area contributed by atoms with Gasteiger partial charge in [0.2, 0.25) is 0 Å². The molecule has 0 atom stereocenters. The summed E-state index contributed by atoms with van der Waals surface area (Å²) in [6.45, 7) is 7.03. The van der Waals surface area contributed by atoms with Gasteiger partial charge in [-0.2, -0.15) is 5.10 Å². The first-order valence-electron chi connectivity index (χ1n) is 8.54. The van der Waals surface area contributed by atoms with Crippen LogP contribution in [0.15, 0.2) is 30.3 Å². The fourth-order valence-electron chi connectivity index (χ4n) is 2.95. The SMILES string of the molecule is CC(=O)c1ccc(NC(=O)NCC2(Cn3nc(C)cc3C)CC2)cc1. The van der Waals surface area contributed by atoms with Crippen LogP contribution in [0.4, 0.5) is 10.5 Å². The van der Waals surface area contributed by atoms with Crippen molar-refractivity contribution in [2.75, 3.05) is 11.9 Å². The topological polar surface area (TPSA) is 76.0 Å². The minimum absolute atomic E-state index is 0.0100. The number of aryl methyl sites for hydroxylation is 2. The van der Waals surface area contributed by atoms with E-state index in [1.54, 1.807) is 24.3 Å². The summed E-state index contributed by atoms with van der Waals surface area (Å²) in [7, 11) is 0. The van der Waals surface area contributed by atoms with Crippen molar-refractivity contribution in [3.05, 3.63) is 47.3 Å². The second-order valence-electron chi connectivity index (χ2n) is 7.03. The minimum atomic E-state index is -0.227. The first kappa shape index (κ1) is 17.2. The zero-order chi connectivity index (χ0) is 18.0. The van der Waals surface area contributed by atoms with Crippen LogP contribution in [0.5, 0.6) is 0 Å². The first-order chi connectivity index (χ1) is 11.9. The number of nitrogens with zero attached hydrogens (tertiary/aromatic N) is 2. The van der Waals surface area contributed by atoms with Crippen LogP contribution in [-0.2, 0) is 6.54 Å². The van der Waals surface area contributed by atoms with Gasteiger partial charge >= 0.3 is 6.03 Å². The van der Waals surface area contributed by atoms with E-state index in [4.69, 9.17) is 0 Å². The normalized spacial score (nSPS) is 14.8. The highest BCUT2D eigenvalue weighted by atomic mass is 16.2. The van der Waals surface area contributed by atoms with E-state index in [0.717, 1.165) is 30.8 Å². The van der Waals surface area contributed by atoms with E-state index in [1.807, 2.05) is 11.6 Å². The molecule has 0 bridgehead atoms. The van der Waals surface area contributed by atoms with Gasteiger partial charge in [-0.1, -0.05) is 0 Å². The Kier molecular flexibility index (Phi) is 4.61. The molecule has 0 spiro atoms. The third-order valence-corrected chi connectivity index (χ3v) is 4.72. The molecule has 0 unspecified atom stereocenters. The number of hydrogen-bond acceptors (Lipinski definition) is 3. The molecule has 132 valence electrons. The quantitative estimate of drug-likeness (QED) is 0.792. The summed E-state index contributed by atoms with van der Waals surface area (Å²) < 4.78 is 2.03. The predicted octanol–water partition coefficient (Wildman–Crippen LogP) is 3.30. The van der Waals surface area contributed by atoms with Crippen LogP contribution in [0.2, 0.25) is 0 Å². The van der Waals surface area contributed by atoms with Gasteiger partial charge in [-0.15, -0.1) is 0 Å². The minimum Gasteiger partial charge on any atom is -0.337 e. The fourth-order valence-corrected chi connectivity index (χ4v) is 2.95. The van der Waals surface area contributed by atoms with Gasteiger partial charge in [0, 0.05) is 35.4 Å². The Balaban J connectivity index is 1.51. The van der Waals surface area contributed by atoms with Gasteiger partial charge in [0.1, 0.15) is 0 Å². The number of Topliss-reactive ketones (excluding diaryl/α,β-unsaturated/α-hetero) is 1. The number of carbonyl (C=O) groups is 2. The lowest BCUT2D eigenvalue weighted by atomic mass is 10.1. The van der Waals surface area contributed by atoms with Crippen LogP contribution in [0, 0.1) is 19.3 Å². The van der Waals surface area contributed by atoms with Gasteiger partial charge in [-0.25, -0.2) is 4.79 Å². The van der Waals surface area contributed by atoms with Crippen molar-refractivity contribution in [3.63, 3.8) is 0 Å². The summed E-state index contributed by atoms with van der Waals surface area (Å²) in [5.74, 6) is 0.0100. The molecule has 6 heteroatoms. The summed E-state index contributed by atoms with van der Waals surface area (Å²) in [5.41, 5.74) is 3.59. The average molecular weight is 340 g/mol. The average Bonchev–Trinajstić information content (AvgIpc) is 3.25. The number of anilines is 1. The van der Waals surface area contributed by atoms with E-state index in [0.29, 0.717) is 17.8 Å². The van der Waals surface area contributed by atoms with Crippen molar-refractivity contribution in [2.45, 2.75) is 40.2 Å². The summed E-state index contributed by atoms with van der Waals surface area (Å²) in [4.78, 5) is 23.4. The summed E-state index contributed by atoms with van der Waals surface area (Å²) in [5, 5.41) is 10.3. The van der Waals surface area contributed by atoms with Gasteiger partial charge in [0.25, 0.3) is 0 Å². The van der Waals surface area contributed by atoms with Gasteiger partial charge in [-0.3, -0.25) is 9.48 Å². The fraction of sp³-hybridized carbons (Fsp3) is 0.421. The molecule has 1 saturated carbocycles. The first-order valence-corrected chi connectivity index (χ1v) is 8.54. The van der Waals surface area contributed by atoms with Crippen LogP contribution in [0.25, 0.3) is 0 Å². The van der Waals surface area contributed by atoms with E-state index in [9.17, 15) is 9.59 Å². The zero-order valence-corrected chi connectivity index (χ0v) is 14.9. The highest BCUT2D eigenvalue weighted by Crippen LogP contribution is 2.46. The molecule has 2 amide bonds. The van der Waals surface area contributed by atoms with Crippen molar-refractivity contribution in [2.24, 2.45) is 5.41 Å². The lowest BCUT2D eigenvalue weighted by molar-refractivity contribution is 0.101. The molecule has 1 fully saturated rings. The van der Waals surface area contributed by atoms with Gasteiger partial charge in [0.15, 0.2) is 5.78 Å². The summed E-state index contributed by atoms with van der Waals surface area (Å²) in [6.07, 6.45) is 2.19. The monoisotopic (exact) mass is 340 g/mol. The number of nitrogens with one attached hydrogen (secondary N) is 2. The molecule has 6 nitrogen and oxygen atoms in total. The number of aromatic nitrogens is 2. The maximum atomic E-state index is 12.1. The highest BCUT2D eigenvalue weighted by molar-refractivity contribution is 5.95. The van der Waals surface area contributed by atoms with Crippen LogP contribution in [0.1, 0.15) is 41.5 Å². The number of ketones is 1. The molecule has 25 heavy (non-hydrogen) atoms. The third kappa shape index (κ3) is 4.26. The smallest absolute Gasteiger partial charge is 0.319 e. The number of carbonyl (C=O) groups excluding carboxylic acids is 2. The second kappa shape index (κ2) is 6.70. The summed E-state index contributed by atoms with van der Waals surface area (Å²) >= 11 is 0. The standard InChI is InChI=1S/C19H24N4O2/c1-13-10-14(2)23(22-13)12-19(8-9-19)11-20-18(25)21-17-6-4-16(5-7-17)15(3)24/h4-7,10H,8-9,11-12H2,1-3H3,(H2,20,21,25). The van der Waals surface area contributed by atoms with Gasteiger partial charge < -0.3 is 10.6 Å². The third-order valence-electron chi connectivity index (χ3n) is 4.72. The van der Waals surface area contributed by atoms with E-state index in [-0.39, 0.29) is 17.2 Å². The van der Waals surface area contributed by atoms with E-state index >= 15 is 0 Å². The number of hydrogen-bond donors (Lipinski definition) is 2. The van der Waals surface area contributed by atoms with Crippen molar-refractivity contribution in [1.82, 2.24) is 15.1 Å². The Hall–Kier alpha value is -2.63. The molecule has 1 aromatic heterocycles. The lowest BCUT2D eigenvalue weighted by Crippen LogP contribution is -2.35. The lowest BCUT2D eigenvalue weighted by Gasteiger charge is -2.17. The maximum absolute atomic E-state index is 12.1.